The number of hydrogen-bond donors (Lipinski definition) is 1. The normalized spacial score (nSPS) is 14.4. The molecule has 0 spiro atoms. The number of nitrogens with one attached hydrogen (secondary N) is 1. The zero-order valence-electron chi connectivity index (χ0n) is 10.8. The monoisotopic (exact) mass is 272 g/mol. The molecule has 0 unspecified atom stereocenters. The fourth-order valence-corrected chi connectivity index (χ4v) is 2.65. The lowest BCUT2D eigenvalue weighted by Gasteiger charge is -2.00. The largest absolute Gasteiger partial charge is 0.302 e. The van der Waals surface area contributed by atoms with Crippen molar-refractivity contribution < 1.29 is 4.79 Å². The summed E-state index contributed by atoms with van der Waals surface area (Å²) in [4.78, 5) is 16.1. The van der Waals surface area contributed by atoms with Gasteiger partial charge in [0.05, 0.1) is 5.69 Å². The highest BCUT2D eigenvalue weighted by Crippen LogP contribution is 2.31. The fraction of sp³-hybridized carbons (Fsp3) is 0.333. The van der Waals surface area contributed by atoms with Gasteiger partial charge < -0.3 is 5.32 Å². The van der Waals surface area contributed by atoms with Crippen molar-refractivity contribution >= 4 is 22.4 Å². The number of nitrogens with zero attached hydrogens (tertiary/aromatic N) is 1. The Balaban J connectivity index is 1.73. The first-order chi connectivity index (χ1) is 9.26. The van der Waals surface area contributed by atoms with Crippen molar-refractivity contribution in [3.8, 4) is 11.3 Å². The van der Waals surface area contributed by atoms with Gasteiger partial charge in [0.15, 0.2) is 5.13 Å². The molecule has 0 atom stereocenters. The van der Waals surface area contributed by atoms with Gasteiger partial charge in [-0.25, -0.2) is 4.98 Å². The molecule has 98 valence electrons. The summed E-state index contributed by atoms with van der Waals surface area (Å²) < 4.78 is 0. The van der Waals surface area contributed by atoms with Gasteiger partial charge in [0.2, 0.25) is 5.91 Å². The first kappa shape index (κ1) is 12.4. The fourth-order valence-electron chi connectivity index (χ4n) is 1.93. The predicted molar refractivity (Wildman–Crippen MR) is 78.3 cm³/mol. The molecule has 1 heterocycles. The summed E-state index contributed by atoms with van der Waals surface area (Å²) in [7, 11) is 0. The second-order valence-corrected chi connectivity index (χ2v) is 5.71. The quantitative estimate of drug-likeness (QED) is 0.921. The molecule has 19 heavy (non-hydrogen) atoms. The number of thiazole rings is 1. The third-order valence-electron chi connectivity index (χ3n) is 3.34. The number of amides is 1. The summed E-state index contributed by atoms with van der Waals surface area (Å²) in [6.45, 7) is 2.14. The summed E-state index contributed by atoms with van der Waals surface area (Å²) in [5.41, 5.74) is 3.35. The summed E-state index contributed by atoms with van der Waals surface area (Å²) >= 11 is 1.48. The van der Waals surface area contributed by atoms with E-state index < -0.39 is 0 Å². The van der Waals surface area contributed by atoms with Crippen LogP contribution in [0, 0.1) is 5.92 Å². The Bertz CT molecular complexity index is 584. The molecule has 1 aliphatic carbocycles. The Labute approximate surface area is 116 Å². The highest BCUT2D eigenvalue weighted by atomic mass is 32.1. The third kappa shape index (κ3) is 2.84. The molecule has 1 aliphatic rings. The summed E-state index contributed by atoms with van der Waals surface area (Å²) in [5.74, 6) is 0.332. The number of hydrogen-bond acceptors (Lipinski definition) is 3. The van der Waals surface area contributed by atoms with Crippen molar-refractivity contribution in [2.75, 3.05) is 5.32 Å². The maximum atomic E-state index is 11.7. The number of aryl methyl sites for hydroxylation is 1. The predicted octanol–water partition coefficient (Wildman–Crippen LogP) is 3.72. The molecule has 4 heteroatoms. The van der Waals surface area contributed by atoms with Gasteiger partial charge in [-0.1, -0.05) is 31.2 Å². The molecule has 1 saturated carbocycles. The van der Waals surface area contributed by atoms with E-state index in [1.54, 1.807) is 0 Å². The first-order valence-corrected chi connectivity index (χ1v) is 7.50. The molecule has 1 N–H and O–H groups in total. The Morgan fingerprint density at radius 1 is 1.37 bits per heavy atom. The van der Waals surface area contributed by atoms with Gasteiger partial charge >= 0.3 is 0 Å². The van der Waals surface area contributed by atoms with Crippen molar-refractivity contribution in [3.05, 3.63) is 35.2 Å². The van der Waals surface area contributed by atoms with Crippen LogP contribution in [0.5, 0.6) is 0 Å². The Morgan fingerprint density at radius 2 is 2.11 bits per heavy atom. The standard InChI is InChI=1S/C15H16N2OS/c1-2-10-3-5-11(6-4-10)13-9-19-15(16-13)17-14(18)12-7-8-12/h3-6,9,12H,2,7-8H2,1H3,(H,16,17,18). The average molecular weight is 272 g/mol. The molecule has 3 nitrogen and oxygen atoms in total. The van der Waals surface area contributed by atoms with Crippen LogP contribution in [0.2, 0.25) is 0 Å². The Morgan fingerprint density at radius 3 is 2.74 bits per heavy atom. The van der Waals surface area contributed by atoms with Gasteiger partial charge in [-0.15, -0.1) is 11.3 Å². The Hall–Kier alpha value is -1.68. The van der Waals surface area contributed by atoms with Gasteiger partial charge in [-0.2, -0.15) is 0 Å². The number of carbonyl (C=O) groups is 1. The second kappa shape index (κ2) is 5.13. The molecule has 2 aromatic rings. The highest BCUT2D eigenvalue weighted by molar-refractivity contribution is 7.14. The minimum Gasteiger partial charge on any atom is -0.302 e. The lowest BCUT2D eigenvalue weighted by molar-refractivity contribution is -0.117. The van der Waals surface area contributed by atoms with Crippen LogP contribution in [-0.4, -0.2) is 10.9 Å². The SMILES string of the molecule is CCc1ccc(-c2csc(NC(=O)C3CC3)n2)cc1. The number of carbonyl (C=O) groups excluding carboxylic acids is 1. The molecule has 1 amide bonds. The van der Waals surface area contributed by atoms with Crippen LogP contribution in [0.1, 0.15) is 25.3 Å². The first-order valence-electron chi connectivity index (χ1n) is 6.62. The van der Waals surface area contributed by atoms with Crippen LogP contribution in [0.4, 0.5) is 5.13 Å². The molecule has 0 aliphatic heterocycles. The van der Waals surface area contributed by atoms with Crippen molar-refractivity contribution in [2.45, 2.75) is 26.2 Å². The van der Waals surface area contributed by atoms with Gasteiger partial charge in [-0.3, -0.25) is 4.79 Å². The van der Waals surface area contributed by atoms with Crippen LogP contribution >= 0.6 is 11.3 Å². The van der Waals surface area contributed by atoms with E-state index in [-0.39, 0.29) is 11.8 Å². The molecular weight excluding hydrogens is 256 g/mol. The molecular formula is C15H16N2OS. The van der Waals surface area contributed by atoms with Crippen molar-refractivity contribution in [3.63, 3.8) is 0 Å². The minimum absolute atomic E-state index is 0.113. The molecule has 0 radical (unpaired) electrons. The van der Waals surface area contributed by atoms with E-state index in [1.807, 2.05) is 5.38 Å². The van der Waals surface area contributed by atoms with Crippen LogP contribution in [-0.2, 0) is 11.2 Å². The Kier molecular flexibility index (Phi) is 3.34. The number of aromatic nitrogens is 1. The molecule has 0 bridgehead atoms. The van der Waals surface area contributed by atoms with Gasteiger partial charge in [0, 0.05) is 16.9 Å². The maximum absolute atomic E-state index is 11.7. The summed E-state index contributed by atoms with van der Waals surface area (Å²) in [6, 6.07) is 8.41. The van der Waals surface area contributed by atoms with Gasteiger partial charge in [0.1, 0.15) is 0 Å². The number of benzene rings is 1. The van der Waals surface area contributed by atoms with Gasteiger partial charge in [0.25, 0.3) is 0 Å². The van der Waals surface area contributed by atoms with E-state index in [0.717, 1.165) is 30.5 Å². The van der Waals surface area contributed by atoms with Crippen molar-refractivity contribution in [1.82, 2.24) is 4.98 Å². The zero-order valence-corrected chi connectivity index (χ0v) is 11.7. The van der Waals surface area contributed by atoms with Crippen LogP contribution in [0.3, 0.4) is 0 Å². The van der Waals surface area contributed by atoms with Crippen molar-refractivity contribution in [2.24, 2.45) is 5.92 Å². The van der Waals surface area contributed by atoms with E-state index in [0.29, 0.717) is 5.13 Å². The average Bonchev–Trinajstić information content (AvgIpc) is 3.20. The second-order valence-electron chi connectivity index (χ2n) is 4.85. The van der Waals surface area contributed by atoms with Gasteiger partial charge in [-0.05, 0) is 24.8 Å². The van der Waals surface area contributed by atoms with E-state index in [1.165, 1.54) is 16.9 Å². The van der Waals surface area contributed by atoms with Crippen molar-refractivity contribution in [1.29, 1.82) is 0 Å². The summed E-state index contributed by atoms with van der Waals surface area (Å²) in [6.07, 6.45) is 3.07. The molecule has 1 aromatic heterocycles. The van der Waals surface area contributed by atoms with E-state index in [9.17, 15) is 4.79 Å². The van der Waals surface area contributed by atoms with E-state index in [2.05, 4.69) is 41.5 Å². The highest BCUT2D eigenvalue weighted by Gasteiger charge is 2.30. The molecule has 0 saturated heterocycles. The van der Waals surface area contributed by atoms with Crippen LogP contribution in [0.15, 0.2) is 29.6 Å². The lowest BCUT2D eigenvalue weighted by Crippen LogP contribution is -2.12. The molecule has 3 rings (SSSR count). The topological polar surface area (TPSA) is 42.0 Å². The molecule has 1 aromatic carbocycles. The van der Waals surface area contributed by atoms with E-state index in [4.69, 9.17) is 0 Å². The smallest absolute Gasteiger partial charge is 0.229 e. The molecule has 1 fully saturated rings. The number of rotatable bonds is 4. The van der Waals surface area contributed by atoms with E-state index >= 15 is 0 Å². The summed E-state index contributed by atoms with van der Waals surface area (Å²) in [5, 5.41) is 5.58. The maximum Gasteiger partial charge on any atom is 0.229 e. The van der Waals surface area contributed by atoms with Crippen LogP contribution < -0.4 is 5.32 Å². The number of anilines is 1. The van der Waals surface area contributed by atoms with Crippen LogP contribution in [0.25, 0.3) is 11.3 Å². The lowest BCUT2D eigenvalue weighted by atomic mass is 10.1. The third-order valence-corrected chi connectivity index (χ3v) is 4.10. The minimum atomic E-state index is 0.113. The zero-order chi connectivity index (χ0) is 13.2.